The minimum Gasteiger partial charge on any atom is -0.495 e. The Hall–Kier alpha value is -2.44. The molecule has 0 aliphatic rings. The van der Waals surface area contributed by atoms with Crippen molar-refractivity contribution in [2.24, 2.45) is 0 Å². The van der Waals surface area contributed by atoms with Crippen LogP contribution in [-0.2, 0) is 0 Å². The summed E-state index contributed by atoms with van der Waals surface area (Å²) in [6, 6.07) is 1.51. The molecular formula is C9H8N4O3. The van der Waals surface area contributed by atoms with Crippen molar-refractivity contribution in [1.82, 2.24) is 20.0 Å². The number of methoxy groups -OCH3 is 1. The number of pyridine rings is 1. The Bertz CT molecular complexity index is 509. The smallest absolute Gasteiger partial charge is 0.356 e. The summed E-state index contributed by atoms with van der Waals surface area (Å²) in [6.45, 7) is 0. The van der Waals surface area contributed by atoms with Crippen molar-refractivity contribution in [3.8, 4) is 11.4 Å². The third-order valence-corrected chi connectivity index (χ3v) is 1.91. The van der Waals surface area contributed by atoms with Gasteiger partial charge in [0.2, 0.25) is 0 Å². The molecule has 2 aromatic heterocycles. The number of carboxylic acids is 1. The summed E-state index contributed by atoms with van der Waals surface area (Å²) in [5.74, 6) is -0.702. The van der Waals surface area contributed by atoms with Crippen LogP contribution >= 0.6 is 0 Å². The Morgan fingerprint density at radius 2 is 2.12 bits per heavy atom. The van der Waals surface area contributed by atoms with E-state index in [9.17, 15) is 4.79 Å². The standard InChI is InChI=1S/C9H8N4O3/c1-16-6-4-7(13-11-2-3-12-13)8(9(14)15)10-5-6/h2-5H,1H3,(H,14,15). The van der Waals surface area contributed by atoms with Gasteiger partial charge in [-0.15, -0.1) is 4.80 Å². The molecule has 0 aliphatic heterocycles. The van der Waals surface area contributed by atoms with Gasteiger partial charge < -0.3 is 9.84 Å². The van der Waals surface area contributed by atoms with Crippen molar-refractivity contribution in [3.63, 3.8) is 0 Å². The van der Waals surface area contributed by atoms with Gasteiger partial charge >= 0.3 is 5.97 Å². The Labute approximate surface area is 90.3 Å². The Morgan fingerprint density at radius 1 is 1.44 bits per heavy atom. The summed E-state index contributed by atoms with van der Waals surface area (Å²) in [5, 5.41) is 16.7. The van der Waals surface area contributed by atoms with Gasteiger partial charge in [0.1, 0.15) is 11.4 Å². The molecule has 2 aromatic rings. The third-order valence-electron chi connectivity index (χ3n) is 1.91. The number of hydrogen-bond acceptors (Lipinski definition) is 5. The van der Waals surface area contributed by atoms with E-state index < -0.39 is 5.97 Å². The molecule has 7 heteroatoms. The van der Waals surface area contributed by atoms with Crippen LogP contribution in [0, 0.1) is 0 Å². The number of carboxylic acid groups (broad SMARTS) is 1. The summed E-state index contributed by atoms with van der Waals surface area (Å²) >= 11 is 0. The van der Waals surface area contributed by atoms with Crippen LogP contribution in [0.1, 0.15) is 10.5 Å². The van der Waals surface area contributed by atoms with E-state index in [-0.39, 0.29) is 11.4 Å². The number of rotatable bonds is 3. The normalized spacial score (nSPS) is 10.1. The highest BCUT2D eigenvalue weighted by Gasteiger charge is 2.15. The lowest BCUT2D eigenvalue weighted by Gasteiger charge is -2.05. The summed E-state index contributed by atoms with van der Waals surface area (Å²) < 4.78 is 4.96. The Kier molecular flexibility index (Phi) is 2.50. The topological polar surface area (TPSA) is 90.1 Å². The fourth-order valence-corrected chi connectivity index (χ4v) is 1.20. The van der Waals surface area contributed by atoms with Crippen LogP contribution in [0.5, 0.6) is 5.75 Å². The lowest BCUT2D eigenvalue weighted by molar-refractivity contribution is 0.0690. The number of aromatic carboxylic acids is 1. The zero-order valence-electron chi connectivity index (χ0n) is 8.36. The monoisotopic (exact) mass is 220 g/mol. The first-order chi connectivity index (χ1) is 7.72. The predicted molar refractivity (Wildman–Crippen MR) is 52.7 cm³/mol. The molecule has 2 heterocycles. The molecule has 0 saturated heterocycles. The van der Waals surface area contributed by atoms with Crippen LogP contribution < -0.4 is 4.74 Å². The molecule has 0 radical (unpaired) electrons. The average Bonchev–Trinajstić information content (AvgIpc) is 2.81. The summed E-state index contributed by atoms with van der Waals surface area (Å²) in [4.78, 5) is 15.9. The van der Waals surface area contributed by atoms with Crippen molar-refractivity contribution < 1.29 is 14.6 Å². The second kappa shape index (κ2) is 3.97. The minimum absolute atomic E-state index is 0.128. The van der Waals surface area contributed by atoms with Crippen molar-refractivity contribution in [1.29, 1.82) is 0 Å². The third kappa shape index (κ3) is 1.70. The molecule has 0 unspecified atom stereocenters. The number of carbonyl (C=O) groups is 1. The molecule has 82 valence electrons. The molecule has 1 N–H and O–H groups in total. The van der Waals surface area contributed by atoms with E-state index in [1.54, 1.807) is 0 Å². The van der Waals surface area contributed by atoms with E-state index in [4.69, 9.17) is 9.84 Å². The van der Waals surface area contributed by atoms with Crippen LogP contribution in [-0.4, -0.2) is 38.2 Å². The van der Waals surface area contributed by atoms with Gasteiger partial charge in [-0.2, -0.15) is 10.2 Å². The first-order valence-corrected chi connectivity index (χ1v) is 4.36. The molecule has 0 spiro atoms. The summed E-state index contributed by atoms with van der Waals surface area (Å²) in [7, 11) is 1.47. The lowest BCUT2D eigenvalue weighted by atomic mass is 10.3. The predicted octanol–water partition coefficient (Wildman–Crippen LogP) is 0.369. The molecule has 0 atom stereocenters. The van der Waals surface area contributed by atoms with Crippen LogP contribution in [0.2, 0.25) is 0 Å². The van der Waals surface area contributed by atoms with Gasteiger partial charge in [-0.05, 0) is 0 Å². The molecule has 0 bridgehead atoms. The maximum absolute atomic E-state index is 10.9. The van der Waals surface area contributed by atoms with E-state index >= 15 is 0 Å². The Morgan fingerprint density at radius 3 is 2.69 bits per heavy atom. The number of nitrogens with zero attached hydrogens (tertiary/aromatic N) is 4. The van der Waals surface area contributed by atoms with Crippen LogP contribution in [0.25, 0.3) is 5.69 Å². The SMILES string of the molecule is COc1cnc(C(=O)O)c(-n2nccn2)c1. The maximum Gasteiger partial charge on any atom is 0.356 e. The zero-order valence-corrected chi connectivity index (χ0v) is 8.36. The maximum atomic E-state index is 10.9. The summed E-state index contributed by atoms with van der Waals surface area (Å²) in [5.41, 5.74) is 0.133. The number of aromatic nitrogens is 4. The highest BCUT2D eigenvalue weighted by molar-refractivity contribution is 5.89. The van der Waals surface area contributed by atoms with Gasteiger partial charge in [0.15, 0.2) is 5.69 Å². The van der Waals surface area contributed by atoms with Gasteiger partial charge in [-0.1, -0.05) is 0 Å². The molecule has 0 aliphatic carbocycles. The van der Waals surface area contributed by atoms with Crippen molar-refractivity contribution in [2.75, 3.05) is 7.11 Å². The molecule has 0 saturated carbocycles. The number of ether oxygens (including phenoxy) is 1. The fraction of sp³-hybridized carbons (Fsp3) is 0.111. The molecule has 0 aromatic carbocycles. The zero-order chi connectivity index (χ0) is 11.5. The van der Waals surface area contributed by atoms with Gasteiger partial charge in [-0.3, -0.25) is 0 Å². The summed E-state index contributed by atoms with van der Waals surface area (Å²) in [6.07, 6.45) is 4.23. The van der Waals surface area contributed by atoms with E-state index in [1.807, 2.05) is 0 Å². The minimum atomic E-state index is -1.14. The first kappa shape index (κ1) is 10.1. The molecule has 0 fully saturated rings. The van der Waals surface area contributed by atoms with Gasteiger partial charge in [0.05, 0.1) is 25.7 Å². The highest BCUT2D eigenvalue weighted by Crippen LogP contribution is 2.17. The molecule has 2 rings (SSSR count). The molecule has 0 amide bonds. The van der Waals surface area contributed by atoms with Crippen molar-refractivity contribution in [3.05, 3.63) is 30.4 Å². The van der Waals surface area contributed by atoms with E-state index in [2.05, 4.69) is 15.2 Å². The quantitative estimate of drug-likeness (QED) is 0.803. The van der Waals surface area contributed by atoms with Crippen molar-refractivity contribution in [2.45, 2.75) is 0 Å². The van der Waals surface area contributed by atoms with Crippen LogP contribution in [0.15, 0.2) is 24.7 Å². The van der Waals surface area contributed by atoms with Crippen LogP contribution in [0.4, 0.5) is 0 Å². The second-order valence-corrected chi connectivity index (χ2v) is 2.87. The van der Waals surface area contributed by atoms with E-state index in [0.29, 0.717) is 5.75 Å². The average molecular weight is 220 g/mol. The molecule has 16 heavy (non-hydrogen) atoms. The lowest BCUT2D eigenvalue weighted by Crippen LogP contribution is -2.10. The van der Waals surface area contributed by atoms with Crippen LogP contribution in [0.3, 0.4) is 0 Å². The van der Waals surface area contributed by atoms with E-state index in [0.717, 1.165) is 0 Å². The van der Waals surface area contributed by atoms with Crippen molar-refractivity contribution >= 4 is 5.97 Å². The van der Waals surface area contributed by atoms with Gasteiger partial charge in [-0.25, -0.2) is 9.78 Å². The highest BCUT2D eigenvalue weighted by atomic mass is 16.5. The molecular weight excluding hydrogens is 212 g/mol. The fourth-order valence-electron chi connectivity index (χ4n) is 1.20. The number of hydrogen-bond donors (Lipinski definition) is 1. The second-order valence-electron chi connectivity index (χ2n) is 2.87. The van der Waals surface area contributed by atoms with E-state index in [1.165, 1.54) is 36.6 Å². The first-order valence-electron chi connectivity index (χ1n) is 4.36. The molecule has 7 nitrogen and oxygen atoms in total. The van der Waals surface area contributed by atoms with Gasteiger partial charge in [0, 0.05) is 6.07 Å². The van der Waals surface area contributed by atoms with Gasteiger partial charge in [0.25, 0.3) is 0 Å². The Balaban J connectivity index is 2.59. The largest absolute Gasteiger partial charge is 0.495 e.